The van der Waals surface area contributed by atoms with Crippen LogP contribution in [0.2, 0.25) is 0 Å². The first-order chi connectivity index (χ1) is 4.24. The van der Waals surface area contributed by atoms with Gasteiger partial charge in [0.05, 0.1) is 0 Å². The monoisotopic (exact) mass is 151 g/mol. The normalized spacial score (nSPS) is 19.9. The van der Waals surface area contributed by atoms with Crippen LogP contribution in [-0.2, 0) is 9.53 Å². The summed E-state index contributed by atoms with van der Waals surface area (Å²) in [6.45, 7) is 1.54. The van der Waals surface area contributed by atoms with E-state index in [0.29, 0.717) is 6.26 Å². The van der Waals surface area contributed by atoms with E-state index >= 15 is 0 Å². The van der Waals surface area contributed by atoms with Crippen LogP contribution in [0.5, 0.6) is 0 Å². The van der Waals surface area contributed by atoms with Crippen LogP contribution in [0.25, 0.3) is 0 Å². The van der Waals surface area contributed by atoms with Gasteiger partial charge in [-0.25, -0.2) is 9.79 Å². The number of esters is 1. The topological polar surface area (TPSA) is 58.9 Å². The van der Waals surface area contributed by atoms with Gasteiger partial charge in [-0.15, -0.1) is 0 Å². The van der Waals surface area contributed by atoms with Gasteiger partial charge in [0.1, 0.15) is 6.26 Å². The van der Waals surface area contributed by atoms with Gasteiger partial charge in [0.2, 0.25) is 0 Å². The van der Waals surface area contributed by atoms with E-state index in [1.54, 1.807) is 0 Å². The van der Waals surface area contributed by atoms with Crippen LogP contribution in [0.1, 0.15) is 6.92 Å². The Labute approximate surface area is 79.9 Å². The van der Waals surface area contributed by atoms with E-state index in [9.17, 15) is 4.79 Å². The molecule has 0 saturated carbocycles. The molecule has 0 aromatic heterocycles. The molecule has 0 spiro atoms. The predicted molar refractivity (Wildman–Crippen MR) is 37.1 cm³/mol. The second-order valence-corrected chi connectivity index (χ2v) is 1.53. The molecule has 1 aliphatic rings. The van der Waals surface area contributed by atoms with Gasteiger partial charge in [-0.2, -0.15) is 0 Å². The Kier molecular flexibility index (Phi) is 3.63. The molecule has 1 aliphatic heterocycles. The molecule has 50 valence electrons. The van der Waals surface area contributed by atoms with Crippen LogP contribution in [0, 0.1) is 0 Å². The van der Waals surface area contributed by atoms with Gasteiger partial charge in [-0.05, 0) is 0 Å². The summed E-state index contributed by atoms with van der Waals surface area (Å²) in [6, 6.07) is 0. The Morgan fingerprint density at radius 3 is 2.50 bits per heavy atom. The van der Waals surface area contributed by atoms with Crippen molar-refractivity contribution in [1.82, 2.24) is 0 Å². The van der Waals surface area contributed by atoms with Gasteiger partial charge in [0, 0.05) is 6.92 Å². The van der Waals surface area contributed by atoms with Crippen LogP contribution in [0.15, 0.2) is 17.0 Å². The second kappa shape index (κ2) is 3.75. The van der Waals surface area contributed by atoms with Gasteiger partial charge in [-0.1, -0.05) is 0 Å². The molecule has 1 rings (SSSR count). The van der Waals surface area contributed by atoms with Crippen molar-refractivity contribution in [3.8, 4) is 0 Å². The summed E-state index contributed by atoms with van der Waals surface area (Å²) in [5, 5.41) is 8.28. The molecule has 0 saturated heterocycles. The Hall–Kier alpha value is -0.320. The summed E-state index contributed by atoms with van der Waals surface area (Å²) in [6.07, 6.45) is 0.624. The number of hydrogen-bond acceptors (Lipinski definition) is 4. The first-order valence-corrected chi connectivity index (χ1v) is 2.36. The quantitative estimate of drug-likeness (QED) is 0.224. The van der Waals surface area contributed by atoms with Crippen molar-refractivity contribution in [1.29, 1.82) is 0 Å². The van der Waals surface area contributed by atoms with E-state index in [-0.39, 0.29) is 41.2 Å². The van der Waals surface area contributed by atoms with Crippen molar-refractivity contribution in [3.05, 3.63) is 12.0 Å². The maximum absolute atomic E-state index is 10.5. The number of ether oxygens (including phenoxy) is 1. The number of rotatable bonds is 0. The van der Waals surface area contributed by atoms with E-state index < -0.39 is 5.97 Å². The third-order valence-electron chi connectivity index (χ3n) is 0.850. The number of carbonyl (C=O) groups excluding carboxylic acids is 1. The molecule has 0 amide bonds. The zero-order chi connectivity index (χ0) is 6.85. The predicted octanol–water partition coefficient (Wildman–Crippen LogP) is -0.288. The molecule has 0 aromatic carbocycles. The standard InChI is InChI=1S/C5H5NO3.Na.H/c1-3-6-4(2-7)5(8)9-3;;/h2,7H,1H3;;/b4-2+;;. The molecule has 0 atom stereocenters. The fraction of sp³-hybridized carbons (Fsp3) is 0.200. The van der Waals surface area contributed by atoms with Crippen molar-refractivity contribution in [2.24, 2.45) is 4.99 Å². The van der Waals surface area contributed by atoms with E-state index in [0.717, 1.165) is 0 Å². The molecule has 0 radical (unpaired) electrons. The number of nitrogens with zero attached hydrogens (tertiary/aromatic N) is 1. The molecular weight excluding hydrogens is 145 g/mol. The first kappa shape index (κ1) is 9.68. The van der Waals surface area contributed by atoms with E-state index in [2.05, 4.69) is 9.73 Å². The summed E-state index contributed by atoms with van der Waals surface area (Å²) in [7, 11) is 0. The van der Waals surface area contributed by atoms with Crippen molar-refractivity contribution < 1.29 is 14.6 Å². The number of hydrogen-bond donors (Lipinski definition) is 1. The number of carbonyl (C=O) groups is 1. The van der Waals surface area contributed by atoms with Crippen LogP contribution >= 0.6 is 0 Å². The van der Waals surface area contributed by atoms with Gasteiger partial charge in [-0.3, -0.25) is 0 Å². The molecule has 0 aliphatic carbocycles. The first-order valence-electron chi connectivity index (χ1n) is 2.36. The minimum absolute atomic E-state index is 0. The fourth-order valence-electron chi connectivity index (χ4n) is 0.506. The Morgan fingerprint density at radius 2 is 2.30 bits per heavy atom. The van der Waals surface area contributed by atoms with E-state index in [1.807, 2.05) is 0 Å². The molecule has 5 heteroatoms. The number of aliphatic hydroxyl groups excluding tert-OH is 1. The molecule has 0 bridgehead atoms. The van der Waals surface area contributed by atoms with Crippen LogP contribution in [-0.4, -0.2) is 46.5 Å². The third kappa shape index (κ3) is 1.83. The summed E-state index contributed by atoms with van der Waals surface area (Å²) >= 11 is 0. The Bertz CT molecular complexity index is 209. The summed E-state index contributed by atoms with van der Waals surface area (Å²) in [5.41, 5.74) is -0.0486. The zero-order valence-electron chi connectivity index (χ0n) is 4.79. The maximum atomic E-state index is 10.5. The number of aliphatic hydroxyl groups is 1. The molecule has 4 nitrogen and oxygen atoms in total. The van der Waals surface area contributed by atoms with Crippen molar-refractivity contribution in [2.75, 3.05) is 0 Å². The molecule has 10 heavy (non-hydrogen) atoms. The summed E-state index contributed by atoms with van der Waals surface area (Å²) < 4.78 is 4.45. The molecule has 0 fully saturated rings. The molecule has 1 N–H and O–H groups in total. The molecule has 0 aromatic rings. The second-order valence-electron chi connectivity index (χ2n) is 1.53. The molecule has 1 heterocycles. The fourth-order valence-corrected chi connectivity index (χ4v) is 0.506. The minimum atomic E-state index is -0.602. The SMILES string of the molecule is CC1=N/C(=C/O)C(=O)O1.[NaH]. The number of cyclic esters (lactones) is 1. The average molecular weight is 151 g/mol. The van der Waals surface area contributed by atoms with Crippen LogP contribution in [0.4, 0.5) is 0 Å². The van der Waals surface area contributed by atoms with Crippen LogP contribution < -0.4 is 0 Å². The summed E-state index contributed by atoms with van der Waals surface area (Å²) in [5.74, 6) is -0.338. The molecular formula is C5H6NNaO3. The van der Waals surface area contributed by atoms with Crippen molar-refractivity contribution in [2.45, 2.75) is 6.92 Å². The molecule has 0 unspecified atom stereocenters. The van der Waals surface area contributed by atoms with E-state index in [4.69, 9.17) is 5.11 Å². The van der Waals surface area contributed by atoms with Gasteiger partial charge >= 0.3 is 35.5 Å². The van der Waals surface area contributed by atoms with Gasteiger partial charge in [0.25, 0.3) is 0 Å². The summed E-state index contributed by atoms with van der Waals surface area (Å²) in [4.78, 5) is 14.0. The van der Waals surface area contributed by atoms with Crippen molar-refractivity contribution in [3.63, 3.8) is 0 Å². The Balaban J connectivity index is 0.000000810. The number of aliphatic imine (C=N–C) groups is 1. The van der Waals surface area contributed by atoms with Gasteiger partial charge < -0.3 is 9.84 Å². The zero-order valence-corrected chi connectivity index (χ0v) is 4.79. The van der Waals surface area contributed by atoms with Crippen LogP contribution in [0.3, 0.4) is 0 Å². The average Bonchev–Trinajstić information content (AvgIpc) is 2.10. The van der Waals surface area contributed by atoms with E-state index in [1.165, 1.54) is 6.92 Å². The van der Waals surface area contributed by atoms with Crippen molar-refractivity contribution >= 4 is 41.4 Å². The Morgan fingerprint density at radius 1 is 1.70 bits per heavy atom. The third-order valence-corrected chi connectivity index (χ3v) is 0.850. The van der Waals surface area contributed by atoms with Gasteiger partial charge in [0.15, 0.2) is 11.6 Å².